The highest BCUT2D eigenvalue weighted by Gasteiger charge is 2.27. The molecule has 0 fully saturated rings. The highest BCUT2D eigenvalue weighted by Crippen LogP contribution is 2.38. The van der Waals surface area contributed by atoms with Crippen LogP contribution in [0.3, 0.4) is 0 Å². The lowest BCUT2D eigenvalue weighted by molar-refractivity contribution is 0.311. The molecule has 1 aliphatic rings. The number of hydrogen-bond acceptors (Lipinski definition) is 7. The van der Waals surface area contributed by atoms with Gasteiger partial charge in [0.25, 0.3) is 0 Å². The zero-order chi connectivity index (χ0) is 17.1. The van der Waals surface area contributed by atoms with Gasteiger partial charge >= 0.3 is 0 Å². The zero-order valence-electron chi connectivity index (χ0n) is 13.7. The second kappa shape index (κ2) is 6.88. The number of nitrogens with zero attached hydrogens (tertiary/aromatic N) is 3. The third-order valence-corrected chi connectivity index (χ3v) is 3.69. The Kier molecular flexibility index (Phi) is 4.66. The Bertz CT molecular complexity index is 724. The molecule has 0 aliphatic carbocycles. The lowest BCUT2D eigenvalue weighted by Crippen LogP contribution is -2.30. The summed E-state index contributed by atoms with van der Waals surface area (Å²) in [7, 11) is 0. The molecule has 4 N–H and O–H groups in total. The maximum Gasteiger partial charge on any atom is 0.226 e. The smallest absolute Gasteiger partial charge is 0.226 e. The van der Waals surface area contributed by atoms with Crippen molar-refractivity contribution in [3.05, 3.63) is 30.1 Å². The molecule has 0 radical (unpaired) electrons. The molecule has 1 aromatic carbocycles. The lowest BCUT2D eigenvalue weighted by atomic mass is 10.3. The van der Waals surface area contributed by atoms with E-state index in [9.17, 15) is 4.39 Å². The van der Waals surface area contributed by atoms with Crippen LogP contribution in [0, 0.1) is 5.82 Å². The van der Waals surface area contributed by atoms with E-state index in [4.69, 9.17) is 5.11 Å². The highest BCUT2D eigenvalue weighted by atomic mass is 19.1. The second-order valence-corrected chi connectivity index (χ2v) is 5.78. The average molecular weight is 332 g/mol. The molecule has 24 heavy (non-hydrogen) atoms. The first-order valence-electron chi connectivity index (χ1n) is 7.88. The van der Waals surface area contributed by atoms with Crippen molar-refractivity contribution in [2.45, 2.75) is 19.9 Å². The number of aliphatic hydroxyl groups is 1. The van der Waals surface area contributed by atoms with Crippen LogP contribution in [0.1, 0.15) is 13.8 Å². The van der Waals surface area contributed by atoms with Gasteiger partial charge in [0.1, 0.15) is 11.5 Å². The van der Waals surface area contributed by atoms with Crippen LogP contribution in [0.15, 0.2) is 24.3 Å². The fourth-order valence-electron chi connectivity index (χ4n) is 2.53. The van der Waals surface area contributed by atoms with Crippen molar-refractivity contribution in [2.24, 2.45) is 0 Å². The van der Waals surface area contributed by atoms with Crippen molar-refractivity contribution in [1.29, 1.82) is 0 Å². The van der Waals surface area contributed by atoms with Crippen LogP contribution in [0.25, 0.3) is 0 Å². The van der Waals surface area contributed by atoms with Gasteiger partial charge in [-0.3, -0.25) is 0 Å². The molecule has 7 nitrogen and oxygen atoms in total. The maximum absolute atomic E-state index is 13.4. The highest BCUT2D eigenvalue weighted by molar-refractivity contribution is 5.85. The maximum atomic E-state index is 13.4. The van der Waals surface area contributed by atoms with Gasteiger partial charge in [0.2, 0.25) is 5.95 Å². The number of aliphatic hydroxyl groups excluding tert-OH is 1. The molecule has 1 aliphatic heterocycles. The van der Waals surface area contributed by atoms with Crippen molar-refractivity contribution in [1.82, 2.24) is 9.97 Å². The summed E-state index contributed by atoms with van der Waals surface area (Å²) < 4.78 is 13.4. The number of nitrogens with one attached hydrogen (secondary N) is 3. The Morgan fingerprint density at radius 3 is 2.92 bits per heavy atom. The second-order valence-electron chi connectivity index (χ2n) is 5.78. The van der Waals surface area contributed by atoms with Crippen LogP contribution in [0.4, 0.5) is 33.3 Å². The molecule has 0 atom stereocenters. The summed E-state index contributed by atoms with van der Waals surface area (Å²) in [5, 5.41) is 18.4. The Labute approximate surface area is 139 Å². The van der Waals surface area contributed by atoms with Gasteiger partial charge in [0, 0.05) is 18.3 Å². The average Bonchev–Trinajstić information content (AvgIpc) is 2.97. The molecule has 0 saturated heterocycles. The van der Waals surface area contributed by atoms with Gasteiger partial charge in [0.05, 0.1) is 13.3 Å². The van der Waals surface area contributed by atoms with Crippen molar-refractivity contribution in [3.8, 4) is 0 Å². The van der Waals surface area contributed by atoms with Crippen molar-refractivity contribution >= 4 is 29.0 Å². The zero-order valence-corrected chi connectivity index (χ0v) is 13.7. The van der Waals surface area contributed by atoms with E-state index in [0.717, 1.165) is 11.5 Å². The Morgan fingerprint density at radius 2 is 2.21 bits per heavy atom. The molecule has 8 heteroatoms. The molecule has 2 heterocycles. The van der Waals surface area contributed by atoms with E-state index >= 15 is 0 Å². The van der Waals surface area contributed by atoms with Crippen molar-refractivity contribution in [3.63, 3.8) is 0 Å². The number of hydrogen-bond donors (Lipinski definition) is 4. The summed E-state index contributed by atoms with van der Waals surface area (Å²) in [6, 6.07) is 6.47. The summed E-state index contributed by atoms with van der Waals surface area (Å²) in [5.41, 5.74) is 1.39. The fraction of sp³-hybridized carbons (Fsp3) is 0.375. The van der Waals surface area contributed by atoms with Gasteiger partial charge in [0.15, 0.2) is 11.6 Å². The van der Waals surface area contributed by atoms with Crippen LogP contribution in [-0.4, -0.2) is 40.9 Å². The first kappa shape index (κ1) is 16.3. The molecule has 128 valence electrons. The molecule has 0 spiro atoms. The minimum Gasteiger partial charge on any atom is -0.395 e. The van der Waals surface area contributed by atoms with E-state index < -0.39 is 0 Å². The molecule has 0 bridgehead atoms. The van der Waals surface area contributed by atoms with Crippen LogP contribution >= 0.6 is 0 Å². The van der Waals surface area contributed by atoms with Gasteiger partial charge in [-0.25, -0.2) is 4.39 Å². The number of rotatable bonds is 6. The quantitative estimate of drug-likeness (QED) is 0.646. The first-order valence-corrected chi connectivity index (χ1v) is 7.88. The predicted octanol–water partition coefficient (Wildman–Crippen LogP) is 2.36. The van der Waals surface area contributed by atoms with Crippen LogP contribution < -0.4 is 20.9 Å². The molecule has 0 saturated carbocycles. The Balaban J connectivity index is 1.98. The third-order valence-electron chi connectivity index (χ3n) is 3.69. The molecule has 0 amide bonds. The largest absolute Gasteiger partial charge is 0.395 e. The summed E-state index contributed by atoms with van der Waals surface area (Å²) in [5.74, 6) is 1.44. The van der Waals surface area contributed by atoms with Crippen LogP contribution in [0.2, 0.25) is 0 Å². The normalized spacial score (nSPS) is 13.0. The van der Waals surface area contributed by atoms with E-state index in [1.165, 1.54) is 12.1 Å². The van der Waals surface area contributed by atoms with Crippen molar-refractivity contribution in [2.75, 3.05) is 40.7 Å². The molecule has 1 aromatic heterocycles. The van der Waals surface area contributed by atoms with E-state index in [1.54, 1.807) is 12.1 Å². The molecular formula is C16H21FN6O. The van der Waals surface area contributed by atoms with E-state index in [-0.39, 0.29) is 18.5 Å². The first-order chi connectivity index (χ1) is 11.6. The predicted molar refractivity (Wildman–Crippen MR) is 93.4 cm³/mol. The van der Waals surface area contributed by atoms with Gasteiger partial charge in [-0.15, -0.1) is 0 Å². The third kappa shape index (κ3) is 3.33. The van der Waals surface area contributed by atoms with Crippen LogP contribution in [0.5, 0.6) is 0 Å². The topological polar surface area (TPSA) is 85.3 Å². The minimum atomic E-state index is -0.318. The van der Waals surface area contributed by atoms with E-state index in [2.05, 4.69) is 44.7 Å². The number of anilines is 5. The minimum absolute atomic E-state index is 0.0146. The van der Waals surface area contributed by atoms with Gasteiger partial charge in [-0.05, 0) is 32.0 Å². The summed E-state index contributed by atoms with van der Waals surface area (Å²) in [4.78, 5) is 11.1. The molecule has 0 unspecified atom stereocenters. The Hall–Kier alpha value is -2.61. The van der Waals surface area contributed by atoms with E-state index in [0.29, 0.717) is 30.7 Å². The number of fused-ring (bicyclic) bond motifs is 1. The summed E-state index contributed by atoms with van der Waals surface area (Å²) >= 11 is 0. The van der Waals surface area contributed by atoms with E-state index in [1.807, 2.05) is 0 Å². The Morgan fingerprint density at radius 1 is 1.38 bits per heavy atom. The standard InChI is InChI=1S/C16H21FN6O/c1-10(2)23-9-19-13-14(20-12-5-3-4-11(17)8-12)21-16(18-6-7-24)22-15(13)23/h3-5,8,10,19,24H,6-7,9H2,1-2H3,(H2,18,20,21,22). The van der Waals surface area contributed by atoms with Crippen LogP contribution in [-0.2, 0) is 0 Å². The lowest BCUT2D eigenvalue weighted by Gasteiger charge is -2.22. The monoisotopic (exact) mass is 332 g/mol. The number of aromatic nitrogens is 2. The van der Waals surface area contributed by atoms with Gasteiger partial charge in [-0.2, -0.15) is 9.97 Å². The molecule has 2 aromatic rings. The number of benzene rings is 1. The summed E-state index contributed by atoms with van der Waals surface area (Å²) in [6.45, 7) is 5.13. The molecular weight excluding hydrogens is 311 g/mol. The van der Waals surface area contributed by atoms with Gasteiger partial charge in [-0.1, -0.05) is 6.07 Å². The molecule has 3 rings (SSSR count). The fourth-order valence-corrected chi connectivity index (χ4v) is 2.53. The number of halogens is 1. The van der Waals surface area contributed by atoms with Gasteiger partial charge < -0.3 is 26.0 Å². The van der Waals surface area contributed by atoms with Crippen molar-refractivity contribution < 1.29 is 9.50 Å². The summed E-state index contributed by atoms with van der Waals surface area (Å²) in [6.07, 6.45) is 0. The SMILES string of the molecule is CC(C)N1CNc2c(Nc3cccc(F)c3)nc(NCCO)nc21.